The van der Waals surface area contributed by atoms with Crippen LogP contribution in [0.5, 0.6) is 0 Å². The van der Waals surface area contributed by atoms with Crippen LogP contribution in [-0.2, 0) is 9.53 Å². The van der Waals surface area contributed by atoms with Crippen LogP contribution in [0.25, 0.3) is 0 Å². The molecule has 1 saturated carbocycles. The van der Waals surface area contributed by atoms with Gasteiger partial charge in [0.05, 0.1) is 18.6 Å². The monoisotopic (exact) mass is 248 g/mol. The van der Waals surface area contributed by atoms with Gasteiger partial charge in [-0.25, -0.2) is 8.78 Å². The van der Waals surface area contributed by atoms with Gasteiger partial charge in [-0.05, 0) is 19.3 Å². The lowest BCUT2D eigenvalue weighted by atomic mass is 9.54. The number of alkyl halides is 2. The molecule has 2 rings (SSSR count). The van der Waals surface area contributed by atoms with Gasteiger partial charge in [0.25, 0.3) is 0 Å². The van der Waals surface area contributed by atoms with Crippen LogP contribution < -0.4 is 0 Å². The van der Waals surface area contributed by atoms with Crippen molar-refractivity contribution < 1.29 is 23.4 Å². The van der Waals surface area contributed by atoms with E-state index in [-0.39, 0.29) is 25.7 Å². The van der Waals surface area contributed by atoms with E-state index in [9.17, 15) is 18.7 Å². The topological polar surface area (TPSA) is 46.5 Å². The van der Waals surface area contributed by atoms with E-state index in [1.54, 1.807) is 0 Å². The van der Waals surface area contributed by atoms with Gasteiger partial charge in [0.2, 0.25) is 5.92 Å². The third-order valence-corrected chi connectivity index (χ3v) is 4.69. The molecule has 0 unspecified atom stereocenters. The van der Waals surface area contributed by atoms with Gasteiger partial charge >= 0.3 is 5.97 Å². The van der Waals surface area contributed by atoms with E-state index in [4.69, 9.17) is 4.74 Å². The van der Waals surface area contributed by atoms with Gasteiger partial charge < -0.3 is 9.84 Å². The summed E-state index contributed by atoms with van der Waals surface area (Å²) in [6.07, 6.45) is 0.159. The first-order valence-electron chi connectivity index (χ1n) is 6.07. The maximum absolute atomic E-state index is 13.2. The normalized spacial score (nSPS) is 29.4. The molecule has 1 heterocycles. The minimum absolute atomic E-state index is 0.0620. The number of rotatable bonds is 3. The van der Waals surface area contributed by atoms with Crippen molar-refractivity contribution in [3.05, 3.63) is 0 Å². The molecule has 1 aliphatic carbocycles. The highest BCUT2D eigenvalue weighted by atomic mass is 19.3. The van der Waals surface area contributed by atoms with Crippen molar-refractivity contribution in [1.82, 2.24) is 0 Å². The van der Waals surface area contributed by atoms with E-state index in [1.807, 2.05) is 6.92 Å². The number of carboxylic acids is 1. The second kappa shape index (κ2) is 3.90. The van der Waals surface area contributed by atoms with Gasteiger partial charge in [0, 0.05) is 18.3 Å². The largest absolute Gasteiger partial charge is 0.481 e. The van der Waals surface area contributed by atoms with Crippen LogP contribution >= 0.6 is 0 Å². The van der Waals surface area contributed by atoms with Crippen molar-refractivity contribution >= 4 is 5.97 Å². The first-order chi connectivity index (χ1) is 7.88. The van der Waals surface area contributed by atoms with Crippen molar-refractivity contribution in [2.75, 3.05) is 13.2 Å². The molecule has 0 aromatic rings. The molecule has 98 valence electrons. The molecule has 2 aliphatic rings. The third kappa shape index (κ3) is 1.75. The van der Waals surface area contributed by atoms with Crippen molar-refractivity contribution in [3.63, 3.8) is 0 Å². The Hall–Kier alpha value is -0.710. The standard InChI is InChI=1S/C12H18F2O3/c1-2-10(7-17-8-10)11(9(15)16)3-5-12(13,14)6-4-11/h2-8H2,1H3,(H,15,16). The Morgan fingerprint density at radius 1 is 1.24 bits per heavy atom. The Morgan fingerprint density at radius 2 is 1.76 bits per heavy atom. The lowest BCUT2D eigenvalue weighted by molar-refractivity contribution is -0.224. The molecule has 0 bridgehead atoms. The fraction of sp³-hybridized carbons (Fsp3) is 0.917. The molecule has 3 nitrogen and oxygen atoms in total. The molecule has 0 spiro atoms. The number of halogens is 2. The summed E-state index contributed by atoms with van der Waals surface area (Å²) in [6.45, 7) is 2.70. The van der Waals surface area contributed by atoms with E-state index in [0.717, 1.165) is 0 Å². The minimum Gasteiger partial charge on any atom is -0.481 e. The van der Waals surface area contributed by atoms with E-state index < -0.39 is 22.7 Å². The fourth-order valence-corrected chi connectivity index (χ4v) is 3.18. The molecule has 17 heavy (non-hydrogen) atoms. The second-order valence-electron chi connectivity index (χ2n) is 5.37. The van der Waals surface area contributed by atoms with Crippen LogP contribution in [0.4, 0.5) is 8.78 Å². The second-order valence-corrected chi connectivity index (χ2v) is 5.37. The Kier molecular flexibility index (Phi) is 2.92. The summed E-state index contributed by atoms with van der Waals surface area (Å²) in [5.41, 5.74) is -1.45. The van der Waals surface area contributed by atoms with Crippen LogP contribution in [0, 0.1) is 10.8 Å². The van der Waals surface area contributed by atoms with Crippen LogP contribution in [0.15, 0.2) is 0 Å². The predicted octanol–water partition coefficient (Wildman–Crippen LogP) is 2.69. The molecule has 0 amide bonds. The molecule has 5 heteroatoms. The first-order valence-corrected chi connectivity index (χ1v) is 6.07. The molecule has 0 aromatic carbocycles. The van der Waals surface area contributed by atoms with Crippen LogP contribution in [0.3, 0.4) is 0 Å². The molecule has 1 aliphatic heterocycles. The Labute approximate surface area is 99.1 Å². The molecule has 0 atom stereocenters. The van der Waals surface area contributed by atoms with E-state index in [1.165, 1.54) is 0 Å². The highest BCUT2D eigenvalue weighted by Gasteiger charge is 2.62. The SMILES string of the molecule is CCC1(C2(C(=O)O)CCC(F)(F)CC2)COC1. The molecule has 1 saturated heterocycles. The zero-order valence-electron chi connectivity index (χ0n) is 9.97. The highest BCUT2D eigenvalue weighted by Crippen LogP contribution is 2.57. The van der Waals surface area contributed by atoms with Crippen LogP contribution in [0.2, 0.25) is 0 Å². The average molecular weight is 248 g/mol. The van der Waals surface area contributed by atoms with Crippen molar-refractivity contribution in [3.8, 4) is 0 Å². The zero-order chi connectivity index (χ0) is 12.7. The summed E-state index contributed by atoms with van der Waals surface area (Å²) in [5.74, 6) is -3.63. The van der Waals surface area contributed by atoms with E-state index in [2.05, 4.69) is 0 Å². The van der Waals surface area contributed by atoms with Gasteiger partial charge in [-0.15, -0.1) is 0 Å². The van der Waals surface area contributed by atoms with E-state index in [0.29, 0.717) is 19.6 Å². The van der Waals surface area contributed by atoms with Gasteiger partial charge in [0.1, 0.15) is 0 Å². The number of hydrogen-bond acceptors (Lipinski definition) is 2. The van der Waals surface area contributed by atoms with E-state index >= 15 is 0 Å². The molecule has 1 N–H and O–H groups in total. The number of ether oxygens (including phenoxy) is 1. The number of carbonyl (C=O) groups is 1. The lowest BCUT2D eigenvalue weighted by Crippen LogP contribution is -2.60. The molecular weight excluding hydrogens is 230 g/mol. The van der Waals surface area contributed by atoms with Gasteiger partial charge in [-0.2, -0.15) is 0 Å². The van der Waals surface area contributed by atoms with Gasteiger partial charge in [-0.3, -0.25) is 4.79 Å². The third-order valence-electron chi connectivity index (χ3n) is 4.69. The molecule has 0 radical (unpaired) electrons. The van der Waals surface area contributed by atoms with Crippen molar-refractivity contribution in [2.24, 2.45) is 10.8 Å². The predicted molar refractivity (Wildman–Crippen MR) is 57.0 cm³/mol. The maximum atomic E-state index is 13.2. The summed E-state index contributed by atoms with van der Waals surface area (Å²) in [4.78, 5) is 11.6. The summed E-state index contributed by atoms with van der Waals surface area (Å²) in [7, 11) is 0. The molecule has 2 fully saturated rings. The maximum Gasteiger partial charge on any atom is 0.310 e. The first kappa shape index (κ1) is 12.7. The Bertz CT molecular complexity index is 308. The zero-order valence-corrected chi connectivity index (χ0v) is 9.97. The van der Waals surface area contributed by atoms with Crippen molar-refractivity contribution in [2.45, 2.75) is 45.0 Å². The van der Waals surface area contributed by atoms with Crippen LogP contribution in [-0.4, -0.2) is 30.2 Å². The van der Waals surface area contributed by atoms with Gasteiger partial charge in [0.15, 0.2) is 0 Å². The number of aliphatic carboxylic acids is 1. The lowest BCUT2D eigenvalue weighted by Gasteiger charge is -2.55. The van der Waals surface area contributed by atoms with Crippen LogP contribution in [0.1, 0.15) is 39.0 Å². The quantitative estimate of drug-likeness (QED) is 0.835. The molecular formula is C12H18F2O3. The summed E-state index contributed by atoms with van der Waals surface area (Å²) in [6, 6.07) is 0. The fourth-order valence-electron chi connectivity index (χ4n) is 3.18. The smallest absolute Gasteiger partial charge is 0.310 e. The summed E-state index contributed by atoms with van der Waals surface area (Å²) >= 11 is 0. The Morgan fingerprint density at radius 3 is 2.06 bits per heavy atom. The average Bonchev–Trinajstić information content (AvgIpc) is 2.19. The summed E-state index contributed by atoms with van der Waals surface area (Å²) in [5, 5.41) is 9.49. The Balaban J connectivity index is 2.26. The van der Waals surface area contributed by atoms with Gasteiger partial charge in [-0.1, -0.05) is 6.92 Å². The minimum atomic E-state index is -2.70. The number of carboxylic acid groups (broad SMARTS) is 1. The summed E-state index contributed by atoms with van der Waals surface area (Å²) < 4.78 is 31.6. The number of hydrogen-bond donors (Lipinski definition) is 1. The highest BCUT2D eigenvalue weighted by molar-refractivity contribution is 5.76. The molecule has 0 aromatic heterocycles. The van der Waals surface area contributed by atoms with Crippen molar-refractivity contribution in [1.29, 1.82) is 0 Å².